The molecule has 0 bridgehead atoms. The number of carbonyl (C=O) groups is 2. The number of aromatic nitrogens is 2. The third-order valence-corrected chi connectivity index (χ3v) is 5.48. The first kappa shape index (κ1) is 32.2. The van der Waals surface area contributed by atoms with Crippen LogP contribution in [-0.4, -0.2) is 53.3 Å². The Kier molecular flexibility index (Phi) is 12.3. The number of aliphatic carboxylic acids is 1. The zero-order chi connectivity index (χ0) is 29.3. The average Bonchev–Trinajstić information content (AvgIpc) is 3.11. The van der Waals surface area contributed by atoms with Crippen molar-refractivity contribution in [3.63, 3.8) is 0 Å². The molecular formula is C23H19Cl4F3N2O7. The summed E-state index contributed by atoms with van der Waals surface area (Å²) in [4.78, 5) is 21.5. The minimum atomic E-state index is -3.13. The van der Waals surface area contributed by atoms with Crippen molar-refractivity contribution in [1.29, 1.82) is 0 Å². The summed E-state index contributed by atoms with van der Waals surface area (Å²) >= 11 is 23.2. The van der Waals surface area contributed by atoms with Crippen molar-refractivity contribution in [2.24, 2.45) is 7.05 Å². The molecule has 1 N–H and O–H groups in total. The molecule has 3 rings (SSSR count). The number of carbonyl (C=O) groups excluding carboxylic acids is 1. The minimum Gasteiger partial charge on any atom is -0.480 e. The van der Waals surface area contributed by atoms with Crippen LogP contribution >= 0.6 is 46.4 Å². The van der Waals surface area contributed by atoms with E-state index in [0.717, 1.165) is 16.8 Å². The SMILES string of the molecule is CCOC(=O)COc1cc(-c2nn(C)c(OC(F)F)c2Cl)c(F)cc1Cl.O=C(O)COc1ccc(Cl)cc1Cl. The van der Waals surface area contributed by atoms with E-state index in [1.165, 1.54) is 19.2 Å². The first-order chi connectivity index (χ1) is 18.3. The number of alkyl halides is 2. The summed E-state index contributed by atoms with van der Waals surface area (Å²) in [5.41, 5.74) is -0.321. The Hall–Kier alpha value is -3.06. The number of aryl methyl sites for hydroxylation is 1. The van der Waals surface area contributed by atoms with Gasteiger partial charge in [0.05, 0.1) is 16.7 Å². The fourth-order valence-electron chi connectivity index (χ4n) is 2.76. The second-order valence-corrected chi connectivity index (χ2v) is 8.71. The number of esters is 1. The Bertz CT molecular complexity index is 1330. The molecule has 0 amide bonds. The smallest absolute Gasteiger partial charge is 0.388 e. The lowest BCUT2D eigenvalue weighted by atomic mass is 10.1. The molecule has 39 heavy (non-hydrogen) atoms. The zero-order valence-corrected chi connectivity index (χ0v) is 23.0. The molecule has 0 aliphatic heterocycles. The summed E-state index contributed by atoms with van der Waals surface area (Å²) in [5, 5.41) is 12.6. The van der Waals surface area contributed by atoms with Gasteiger partial charge in [-0.15, -0.1) is 0 Å². The van der Waals surface area contributed by atoms with Crippen molar-refractivity contribution in [2.75, 3.05) is 19.8 Å². The highest BCUT2D eigenvalue weighted by Gasteiger charge is 2.24. The van der Waals surface area contributed by atoms with Crippen LogP contribution in [0.2, 0.25) is 20.1 Å². The third-order valence-electron chi connectivity index (χ3n) is 4.31. The lowest BCUT2D eigenvalue weighted by Gasteiger charge is -2.10. The van der Waals surface area contributed by atoms with E-state index >= 15 is 0 Å². The number of hydrogen-bond donors (Lipinski definition) is 1. The number of rotatable bonds is 10. The van der Waals surface area contributed by atoms with E-state index < -0.39 is 43.5 Å². The largest absolute Gasteiger partial charge is 0.480 e. The fourth-order valence-corrected chi connectivity index (χ4v) is 3.73. The highest BCUT2D eigenvalue weighted by Crippen LogP contribution is 2.39. The number of carboxylic acids is 1. The Morgan fingerprint density at radius 1 is 1.03 bits per heavy atom. The standard InChI is InChI=1S/C15H13Cl2F3N2O4.C8H6Cl2O3/c1-3-24-11(23)6-25-10-4-7(9(18)5-8(10)16)13-12(17)14(22(2)21-13)26-15(19)20;9-5-1-2-7(6(10)3-5)13-4-8(11)12/h4-5,15H,3,6H2,1-2H3;1-3H,4H2,(H,11,12). The van der Waals surface area contributed by atoms with Crippen molar-refractivity contribution in [3.8, 4) is 28.6 Å². The molecule has 0 radical (unpaired) electrons. The summed E-state index contributed by atoms with van der Waals surface area (Å²) in [6.07, 6.45) is 0. The van der Waals surface area contributed by atoms with Crippen LogP contribution in [0.15, 0.2) is 30.3 Å². The molecule has 0 saturated heterocycles. The van der Waals surface area contributed by atoms with E-state index in [-0.39, 0.29) is 33.7 Å². The maximum Gasteiger partial charge on any atom is 0.388 e. The molecule has 0 aliphatic carbocycles. The van der Waals surface area contributed by atoms with Crippen molar-refractivity contribution in [1.82, 2.24) is 9.78 Å². The van der Waals surface area contributed by atoms with Crippen molar-refractivity contribution in [3.05, 3.63) is 56.2 Å². The molecule has 9 nitrogen and oxygen atoms in total. The summed E-state index contributed by atoms with van der Waals surface area (Å²) in [6.45, 7) is -2.20. The molecule has 0 atom stereocenters. The van der Waals surface area contributed by atoms with Gasteiger partial charge in [-0.2, -0.15) is 13.9 Å². The van der Waals surface area contributed by atoms with Gasteiger partial charge in [-0.25, -0.2) is 18.7 Å². The number of carboxylic acid groups (broad SMARTS) is 1. The molecular weight excluding hydrogens is 615 g/mol. The second-order valence-electron chi connectivity index (χ2n) is 7.08. The Morgan fingerprint density at radius 2 is 1.67 bits per heavy atom. The van der Waals surface area contributed by atoms with E-state index in [2.05, 4.69) is 9.84 Å². The van der Waals surface area contributed by atoms with E-state index in [9.17, 15) is 22.8 Å². The summed E-state index contributed by atoms with van der Waals surface area (Å²) < 4.78 is 59.2. The van der Waals surface area contributed by atoms with Gasteiger partial charge in [-0.3, -0.25) is 0 Å². The topological polar surface area (TPSA) is 109 Å². The van der Waals surface area contributed by atoms with Crippen LogP contribution in [0.25, 0.3) is 11.3 Å². The molecule has 212 valence electrons. The van der Waals surface area contributed by atoms with Gasteiger partial charge in [0.2, 0.25) is 5.88 Å². The zero-order valence-electron chi connectivity index (χ0n) is 20.0. The van der Waals surface area contributed by atoms with Crippen LogP contribution in [0.3, 0.4) is 0 Å². The van der Waals surface area contributed by atoms with Gasteiger partial charge in [0.15, 0.2) is 13.2 Å². The average molecular weight is 634 g/mol. The van der Waals surface area contributed by atoms with Crippen molar-refractivity contribution < 1.29 is 46.8 Å². The van der Waals surface area contributed by atoms with Gasteiger partial charge in [0.1, 0.15) is 28.0 Å². The van der Waals surface area contributed by atoms with Crippen molar-refractivity contribution >= 4 is 58.3 Å². The number of hydrogen-bond acceptors (Lipinski definition) is 7. The van der Waals surface area contributed by atoms with Crippen molar-refractivity contribution in [2.45, 2.75) is 13.5 Å². The predicted octanol–water partition coefficient (Wildman–Crippen LogP) is 6.53. The van der Waals surface area contributed by atoms with E-state index in [4.69, 9.17) is 65.7 Å². The monoisotopic (exact) mass is 632 g/mol. The van der Waals surface area contributed by atoms with Gasteiger partial charge in [-0.05, 0) is 37.3 Å². The lowest BCUT2D eigenvalue weighted by Crippen LogP contribution is -2.14. The molecule has 1 heterocycles. The minimum absolute atomic E-state index is 0.0332. The highest BCUT2D eigenvalue weighted by molar-refractivity contribution is 6.35. The summed E-state index contributed by atoms with van der Waals surface area (Å²) in [5.74, 6) is -2.66. The predicted molar refractivity (Wildman–Crippen MR) is 137 cm³/mol. The number of ether oxygens (including phenoxy) is 4. The van der Waals surface area contributed by atoms with Gasteiger partial charge >= 0.3 is 18.6 Å². The van der Waals surface area contributed by atoms with E-state index in [1.54, 1.807) is 13.0 Å². The molecule has 0 saturated carbocycles. The van der Waals surface area contributed by atoms with Crippen LogP contribution in [0.1, 0.15) is 6.92 Å². The van der Waals surface area contributed by atoms with E-state index in [0.29, 0.717) is 15.8 Å². The molecule has 0 spiro atoms. The van der Waals surface area contributed by atoms with Gasteiger partial charge < -0.3 is 24.1 Å². The van der Waals surface area contributed by atoms with Gasteiger partial charge in [0.25, 0.3) is 0 Å². The van der Waals surface area contributed by atoms with Crippen LogP contribution in [0.4, 0.5) is 13.2 Å². The van der Waals surface area contributed by atoms with Crippen LogP contribution in [-0.2, 0) is 21.4 Å². The Balaban J connectivity index is 0.000000344. The number of benzene rings is 2. The molecule has 3 aromatic rings. The van der Waals surface area contributed by atoms with Gasteiger partial charge in [0, 0.05) is 17.6 Å². The molecule has 0 aliphatic rings. The maximum atomic E-state index is 14.3. The fraction of sp³-hybridized carbons (Fsp3) is 0.261. The second kappa shape index (κ2) is 14.9. The first-order valence-corrected chi connectivity index (χ1v) is 12.1. The first-order valence-electron chi connectivity index (χ1n) is 10.6. The molecule has 16 heteroatoms. The van der Waals surface area contributed by atoms with E-state index in [1.807, 2.05) is 0 Å². The summed E-state index contributed by atoms with van der Waals surface area (Å²) in [7, 11) is 1.30. The normalized spacial score (nSPS) is 10.5. The Labute approximate surface area is 239 Å². The number of nitrogens with zero attached hydrogens (tertiary/aromatic N) is 2. The van der Waals surface area contributed by atoms with Gasteiger partial charge in [-0.1, -0.05) is 46.4 Å². The molecule has 1 aromatic heterocycles. The molecule has 0 fully saturated rings. The maximum absolute atomic E-state index is 14.3. The molecule has 0 unspecified atom stereocenters. The lowest BCUT2D eigenvalue weighted by molar-refractivity contribution is -0.145. The quantitative estimate of drug-likeness (QED) is 0.251. The van der Waals surface area contributed by atoms with Crippen LogP contribution in [0, 0.1) is 5.82 Å². The van der Waals surface area contributed by atoms with Crippen LogP contribution in [0.5, 0.6) is 17.4 Å². The highest BCUT2D eigenvalue weighted by atomic mass is 35.5. The molecule has 2 aromatic carbocycles. The van der Waals surface area contributed by atoms with Crippen LogP contribution < -0.4 is 14.2 Å². The number of halogens is 7. The Morgan fingerprint density at radius 3 is 2.26 bits per heavy atom. The third kappa shape index (κ3) is 9.57. The summed E-state index contributed by atoms with van der Waals surface area (Å²) in [6, 6.07) is 6.66.